The zero-order valence-corrected chi connectivity index (χ0v) is 11.6. The Morgan fingerprint density at radius 1 is 1.60 bits per heavy atom. The highest BCUT2D eigenvalue weighted by atomic mass is 79.9. The van der Waals surface area contributed by atoms with Gasteiger partial charge in [0, 0.05) is 6.07 Å². The minimum absolute atomic E-state index is 0.257. The summed E-state index contributed by atoms with van der Waals surface area (Å²) in [7, 11) is 0. The molecule has 0 aromatic carbocycles. The molecule has 0 fully saturated rings. The summed E-state index contributed by atoms with van der Waals surface area (Å²) in [5, 5.41) is 0.257. The SMILES string of the molecule is CCOC(=O)C(Br)(Br)c1cc(Cl)ncn1. The summed E-state index contributed by atoms with van der Waals surface area (Å²) in [6, 6.07) is 1.47. The van der Waals surface area contributed by atoms with Crippen molar-refractivity contribution in [3.8, 4) is 0 Å². The van der Waals surface area contributed by atoms with E-state index in [2.05, 4.69) is 41.8 Å². The summed E-state index contributed by atoms with van der Waals surface area (Å²) in [5.74, 6) is -0.486. The largest absolute Gasteiger partial charge is 0.464 e. The van der Waals surface area contributed by atoms with Crippen molar-refractivity contribution in [3.63, 3.8) is 0 Å². The Morgan fingerprint density at radius 3 is 2.80 bits per heavy atom. The molecule has 0 atom stereocenters. The smallest absolute Gasteiger partial charge is 0.340 e. The maximum absolute atomic E-state index is 11.6. The molecule has 0 aliphatic carbocycles. The molecule has 1 heterocycles. The van der Waals surface area contributed by atoms with Gasteiger partial charge in [-0.3, -0.25) is 0 Å². The lowest BCUT2D eigenvalue weighted by atomic mass is 10.3. The van der Waals surface area contributed by atoms with Crippen LogP contribution in [0.3, 0.4) is 0 Å². The first-order chi connectivity index (χ1) is 6.98. The second-order valence-corrected chi connectivity index (χ2v) is 6.35. The van der Waals surface area contributed by atoms with Crippen molar-refractivity contribution in [2.45, 2.75) is 10.2 Å². The van der Waals surface area contributed by atoms with Crippen molar-refractivity contribution in [3.05, 3.63) is 23.2 Å². The molecule has 4 nitrogen and oxygen atoms in total. The van der Waals surface area contributed by atoms with Gasteiger partial charge < -0.3 is 4.74 Å². The van der Waals surface area contributed by atoms with Crippen LogP contribution in [0.25, 0.3) is 0 Å². The highest BCUT2D eigenvalue weighted by Gasteiger charge is 2.38. The minimum Gasteiger partial charge on any atom is -0.464 e. The summed E-state index contributed by atoms with van der Waals surface area (Å²) in [6.45, 7) is 2.01. The molecule has 0 amide bonds. The molecular formula is C8H7Br2ClN2O2. The van der Waals surface area contributed by atoms with Gasteiger partial charge in [0.15, 0.2) is 0 Å². The van der Waals surface area contributed by atoms with Gasteiger partial charge in [-0.05, 0) is 6.92 Å². The van der Waals surface area contributed by atoms with E-state index in [0.717, 1.165) is 0 Å². The lowest BCUT2D eigenvalue weighted by Gasteiger charge is -2.17. The van der Waals surface area contributed by atoms with Gasteiger partial charge >= 0.3 is 5.97 Å². The Labute approximate surface area is 109 Å². The van der Waals surface area contributed by atoms with Gasteiger partial charge in [0.25, 0.3) is 0 Å². The Bertz CT molecular complexity index is 373. The van der Waals surface area contributed by atoms with E-state index in [0.29, 0.717) is 5.69 Å². The molecule has 0 saturated heterocycles. The first kappa shape index (κ1) is 12.9. The molecule has 0 unspecified atom stereocenters. The second-order valence-electron chi connectivity index (χ2n) is 2.52. The van der Waals surface area contributed by atoms with Crippen molar-refractivity contribution in [2.75, 3.05) is 6.61 Å². The molecule has 1 rings (SSSR count). The predicted octanol–water partition coefficient (Wildman–Crippen LogP) is 2.64. The number of rotatable bonds is 3. The van der Waals surface area contributed by atoms with Crippen LogP contribution in [0.15, 0.2) is 12.4 Å². The van der Waals surface area contributed by atoms with Crippen LogP contribution in [0.4, 0.5) is 0 Å². The molecule has 0 aliphatic rings. The Hall–Kier alpha value is -0.200. The number of nitrogens with zero attached hydrogens (tertiary/aromatic N) is 2. The zero-order valence-electron chi connectivity index (χ0n) is 7.71. The average Bonchev–Trinajstić information content (AvgIpc) is 2.18. The number of alkyl halides is 2. The van der Waals surface area contributed by atoms with Gasteiger partial charge in [0.05, 0.1) is 12.3 Å². The molecule has 0 radical (unpaired) electrons. The lowest BCUT2D eigenvalue weighted by molar-refractivity contribution is -0.143. The van der Waals surface area contributed by atoms with E-state index in [4.69, 9.17) is 16.3 Å². The van der Waals surface area contributed by atoms with Crippen LogP contribution >= 0.6 is 43.5 Å². The van der Waals surface area contributed by atoms with Crippen LogP contribution < -0.4 is 0 Å². The molecule has 15 heavy (non-hydrogen) atoms. The topological polar surface area (TPSA) is 52.1 Å². The van der Waals surface area contributed by atoms with Crippen LogP contribution in [0, 0.1) is 0 Å². The molecule has 0 spiro atoms. The molecule has 82 valence electrons. The van der Waals surface area contributed by atoms with Crippen molar-refractivity contribution < 1.29 is 9.53 Å². The van der Waals surface area contributed by atoms with Crippen molar-refractivity contribution >= 4 is 49.4 Å². The fourth-order valence-corrected chi connectivity index (χ4v) is 1.64. The van der Waals surface area contributed by atoms with Crippen LogP contribution in [0.5, 0.6) is 0 Å². The zero-order chi connectivity index (χ0) is 11.5. The van der Waals surface area contributed by atoms with Crippen molar-refractivity contribution in [2.24, 2.45) is 0 Å². The van der Waals surface area contributed by atoms with E-state index in [9.17, 15) is 4.79 Å². The third kappa shape index (κ3) is 3.12. The summed E-state index contributed by atoms with van der Waals surface area (Å²) >= 11 is 12.1. The third-order valence-corrected chi connectivity index (χ3v) is 3.15. The molecule has 0 bridgehead atoms. The minimum atomic E-state index is -1.18. The third-order valence-electron chi connectivity index (χ3n) is 1.49. The maximum Gasteiger partial charge on any atom is 0.340 e. The van der Waals surface area contributed by atoms with Crippen molar-refractivity contribution in [1.82, 2.24) is 9.97 Å². The van der Waals surface area contributed by atoms with E-state index >= 15 is 0 Å². The van der Waals surface area contributed by atoms with Gasteiger partial charge in [0.2, 0.25) is 3.23 Å². The number of ether oxygens (including phenoxy) is 1. The number of esters is 1. The van der Waals surface area contributed by atoms with Crippen LogP contribution in [0.2, 0.25) is 5.15 Å². The monoisotopic (exact) mass is 356 g/mol. The predicted molar refractivity (Wildman–Crippen MR) is 63.2 cm³/mol. The summed E-state index contributed by atoms with van der Waals surface area (Å²) < 4.78 is 3.69. The van der Waals surface area contributed by atoms with Gasteiger partial charge in [-0.25, -0.2) is 14.8 Å². The van der Waals surface area contributed by atoms with E-state index < -0.39 is 9.20 Å². The molecule has 7 heteroatoms. The number of carbonyl (C=O) groups excluding carboxylic acids is 1. The first-order valence-electron chi connectivity index (χ1n) is 4.01. The van der Waals surface area contributed by atoms with E-state index in [1.54, 1.807) is 6.92 Å². The highest BCUT2D eigenvalue weighted by Crippen LogP contribution is 2.38. The van der Waals surface area contributed by atoms with Crippen LogP contribution in [-0.2, 0) is 12.8 Å². The number of aromatic nitrogens is 2. The second kappa shape index (κ2) is 5.23. The fourth-order valence-electron chi connectivity index (χ4n) is 0.832. The lowest BCUT2D eigenvalue weighted by Crippen LogP contribution is -2.26. The van der Waals surface area contributed by atoms with E-state index in [1.807, 2.05) is 0 Å². The van der Waals surface area contributed by atoms with Crippen LogP contribution in [0.1, 0.15) is 12.6 Å². The first-order valence-corrected chi connectivity index (χ1v) is 5.98. The van der Waals surface area contributed by atoms with Crippen LogP contribution in [-0.4, -0.2) is 22.5 Å². The van der Waals surface area contributed by atoms with Gasteiger partial charge in [-0.15, -0.1) is 0 Å². The number of halogens is 3. The van der Waals surface area contributed by atoms with Gasteiger partial charge in [-0.2, -0.15) is 0 Å². The quantitative estimate of drug-likeness (QED) is 0.474. The molecule has 0 saturated carbocycles. The summed E-state index contributed by atoms with van der Waals surface area (Å²) in [6.07, 6.45) is 1.27. The number of carbonyl (C=O) groups is 1. The van der Waals surface area contributed by atoms with Gasteiger partial charge in [-0.1, -0.05) is 43.5 Å². The molecule has 1 aromatic rings. The molecule has 0 aliphatic heterocycles. The average molecular weight is 358 g/mol. The number of hydrogen-bond acceptors (Lipinski definition) is 4. The van der Waals surface area contributed by atoms with Crippen molar-refractivity contribution in [1.29, 1.82) is 0 Å². The fraction of sp³-hybridized carbons (Fsp3) is 0.375. The normalized spacial score (nSPS) is 11.2. The van der Waals surface area contributed by atoms with E-state index in [1.165, 1.54) is 12.4 Å². The van der Waals surface area contributed by atoms with Gasteiger partial charge in [0.1, 0.15) is 11.5 Å². The Balaban J connectivity index is 2.99. The molecule has 1 aromatic heterocycles. The number of hydrogen-bond donors (Lipinski definition) is 0. The molecular weight excluding hydrogens is 351 g/mol. The maximum atomic E-state index is 11.6. The van der Waals surface area contributed by atoms with E-state index in [-0.39, 0.29) is 11.8 Å². The molecule has 0 N–H and O–H groups in total. The summed E-state index contributed by atoms with van der Waals surface area (Å²) in [4.78, 5) is 19.2. The Morgan fingerprint density at radius 2 is 2.27 bits per heavy atom. The Kier molecular flexibility index (Phi) is 4.48. The highest BCUT2D eigenvalue weighted by molar-refractivity contribution is 9.25. The summed E-state index contributed by atoms with van der Waals surface area (Å²) in [5.41, 5.74) is 0.390. The standard InChI is InChI=1S/C8H7Br2ClN2O2/c1-2-15-7(14)8(9,10)5-3-6(11)13-4-12-5/h3-4H,2H2,1H3.